The van der Waals surface area contributed by atoms with Gasteiger partial charge in [0.05, 0.1) is 12.0 Å². The SMILES string of the molecule is COC1(CC(=O)NCCC2CCCNC2)CCC1. The van der Waals surface area contributed by atoms with Gasteiger partial charge in [-0.25, -0.2) is 0 Å². The van der Waals surface area contributed by atoms with Gasteiger partial charge >= 0.3 is 0 Å². The number of carbonyl (C=O) groups is 1. The quantitative estimate of drug-likeness (QED) is 0.754. The Balaban J connectivity index is 1.59. The molecule has 1 saturated heterocycles. The van der Waals surface area contributed by atoms with Crippen LogP contribution in [0.4, 0.5) is 0 Å². The van der Waals surface area contributed by atoms with Crippen molar-refractivity contribution in [1.29, 1.82) is 0 Å². The zero-order chi connectivity index (χ0) is 12.8. The van der Waals surface area contributed by atoms with E-state index in [-0.39, 0.29) is 11.5 Å². The molecule has 4 nitrogen and oxygen atoms in total. The molecule has 2 aliphatic rings. The molecule has 1 saturated carbocycles. The Bertz CT molecular complexity index is 265. The minimum atomic E-state index is -0.142. The molecule has 0 aromatic heterocycles. The van der Waals surface area contributed by atoms with Crippen molar-refractivity contribution < 1.29 is 9.53 Å². The molecular weight excluding hydrogens is 228 g/mol. The maximum Gasteiger partial charge on any atom is 0.222 e. The molecule has 18 heavy (non-hydrogen) atoms. The number of nitrogens with one attached hydrogen (secondary N) is 2. The molecule has 1 heterocycles. The van der Waals surface area contributed by atoms with Crippen molar-refractivity contribution >= 4 is 5.91 Å². The van der Waals surface area contributed by atoms with Crippen LogP contribution in [-0.2, 0) is 9.53 Å². The predicted octanol–water partition coefficient (Wildman–Crippen LogP) is 1.45. The Kier molecular flexibility index (Phi) is 5.01. The van der Waals surface area contributed by atoms with E-state index in [1.807, 2.05) is 0 Å². The molecular formula is C14H26N2O2. The number of ether oxygens (including phenoxy) is 1. The van der Waals surface area contributed by atoms with E-state index in [1.165, 1.54) is 19.3 Å². The first-order chi connectivity index (χ1) is 8.74. The molecule has 2 N–H and O–H groups in total. The molecule has 104 valence electrons. The van der Waals surface area contributed by atoms with E-state index in [0.717, 1.165) is 44.8 Å². The summed E-state index contributed by atoms with van der Waals surface area (Å²) < 4.78 is 5.47. The van der Waals surface area contributed by atoms with Crippen LogP contribution in [0.2, 0.25) is 0 Å². The normalized spacial score (nSPS) is 26.4. The second kappa shape index (κ2) is 6.53. The van der Waals surface area contributed by atoms with Crippen molar-refractivity contribution in [3.05, 3.63) is 0 Å². The summed E-state index contributed by atoms with van der Waals surface area (Å²) in [5.74, 6) is 0.888. The fourth-order valence-electron chi connectivity index (χ4n) is 2.97. The van der Waals surface area contributed by atoms with Crippen LogP contribution in [0.3, 0.4) is 0 Å². The average molecular weight is 254 g/mol. The van der Waals surface area contributed by atoms with Crippen LogP contribution >= 0.6 is 0 Å². The zero-order valence-corrected chi connectivity index (χ0v) is 11.5. The summed E-state index contributed by atoms with van der Waals surface area (Å²) in [6.45, 7) is 3.07. The lowest BCUT2D eigenvalue weighted by Crippen LogP contribution is -2.44. The highest BCUT2D eigenvalue weighted by Gasteiger charge is 2.38. The van der Waals surface area contributed by atoms with Crippen LogP contribution in [-0.4, -0.2) is 38.3 Å². The standard InChI is InChI=1S/C14H26N2O2/c1-18-14(6-3-7-14)10-13(17)16-9-5-12-4-2-8-15-11-12/h12,15H,2-11H2,1H3,(H,16,17). The number of carbonyl (C=O) groups excluding carboxylic acids is 1. The second-order valence-electron chi connectivity index (χ2n) is 5.77. The Morgan fingerprint density at radius 1 is 1.44 bits per heavy atom. The minimum absolute atomic E-state index is 0.142. The van der Waals surface area contributed by atoms with Crippen molar-refractivity contribution in [1.82, 2.24) is 10.6 Å². The molecule has 0 aromatic rings. The van der Waals surface area contributed by atoms with Crippen LogP contribution in [0, 0.1) is 5.92 Å². The van der Waals surface area contributed by atoms with Gasteiger partial charge in [-0.05, 0) is 57.5 Å². The van der Waals surface area contributed by atoms with Crippen LogP contribution < -0.4 is 10.6 Å². The molecule has 0 radical (unpaired) electrons. The molecule has 0 bridgehead atoms. The molecule has 0 aromatic carbocycles. The molecule has 1 unspecified atom stereocenters. The number of methoxy groups -OCH3 is 1. The van der Waals surface area contributed by atoms with E-state index in [0.29, 0.717) is 6.42 Å². The van der Waals surface area contributed by atoms with Gasteiger partial charge in [-0.15, -0.1) is 0 Å². The Labute approximate surface area is 110 Å². The highest BCUT2D eigenvalue weighted by molar-refractivity contribution is 5.77. The van der Waals surface area contributed by atoms with Gasteiger partial charge in [-0.2, -0.15) is 0 Å². The molecule has 1 aliphatic carbocycles. The van der Waals surface area contributed by atoms with E-state index < -0.39 is 0 Å². The maximum atomic E-state index is 11.8. The van der Waals surface area contributed by atoms with E-state index in [1.54, 1.807) is 7.11 Å². The van der Waals surface area contributed by atoms with Crippen molar-refractivity contribution in [2.24, 2.45) is 5.92 Å². The molecule has 2 rings (SSSR count). The molecule has 1 atom stereocenters. The van der Waals surface area contributed by atoms with Crippen LogP contribution in [0.15, 0.2) is 0 Å². The third-order valence-electron chi connectivity index (χ3n) is 4.45. The van der Waals surface area contributed by atoms with Gasteiger partial charge in [0.15, 0.2) is 0 Å². The van der Waals surface area contributed by atoms with E-state index in [9.17, 15) is 4.79 Å². The average Bonchev–Trinajstić information content (AvgIpc) is 2.35. The number of amides is 1. The number of rotatable bonds is 6. The first kappa shape index (κ1) is 13.8. The molecule has 2 fully saturated rings. The number of piperidine rings is 1. The lowest BCUT2D eigenvalue weighted by molar-refractivity contribution is -0.134. The summed E-state index contributed by atoms with van der Waals surface area (Å²) in [4.78, 5) is 11.8. The van der Waals surface area contributed by atoms with E-state index >= 15 is 0 Å². The first-order valence-electron chi connectivity index (χ1n) is 7.27. The van der Waals surface area contributed by atoms with Gasteiger partial charge in [0.2, 0.25) is 5.91 Å². The topological polar surface area (TPSA) is 50.4 Å². The predicted molar refractivity (Wildman–Crippen MR) is 71.4 cm³/mol. The van der Waals surface area contributed by atoms with Crippen molar-refractivity contribution in [2.75, 3.05) is 26.7 Å². The largest absolute Gasteiger partial charge is 0.378 e. The minimum Gasteiger partial charge on any atom is -0.378 e. The van der Waals surface area contributed by atoms with E-state index in [2.05, 4.69) is 10.6 Å². The Hall–Kier alpha value is -0.610. The highest BCUT2D eigenvalue weighted by atomic mass is 16.5. The lowest BCUT2D eigenvalue weighted by atomic mass is 9.77. The van der Waals surface area contributed by atoms with Crippen LogP contribution in [0.25, 0.3) is 0 Å². The van der Waals surface area contributed by atoms with Gasteiger partial charge in [0, 0.05) is 13.7 Å². The molecule has 1 amide bonds. The maximum absolute atomic E-state index is 11.8. The summed E-state index contributed by atoms with van der Waals surface area (Å²) in [5, 5.41) is 6.45. The van der Waals surface area contributed by atoms with Gasteiger partial charge in [-0.1, -0.05) is 0 Å². The van der Waals surface area contributed by atoms with Crippen molar-refractivity contribution in [2.45, 2.75) is 50.5 Å². The summed E-state index contributed by atoms with van der Waals surface area (Å²) in [6.07, 6.45) is 7.45. The van der Waals surface area contributed by atoms with E-state index in [4.69, 9.17) is 4.74 Å². The van der Waals surface area contributed by atoms with Crippen LogP contribution in [0.1, 0.15) is 44.9 Å². The smallest absolute Gasteiger partial charge is 0.222 e. The monoisotopic (exact) mass is 254 g/mol. The van der Waals surface area contributed by atoms with Gasteiger partial charge in [-0.3, -0.25) is 4.79 Å². The summed E-state index contributed by atoms with van der Waals surface area (Å²) >= 11 is 0. The van der Waals surface area contributed by atoms with Gasteiger partial charge < -0.3 is 15.4 Å². The lowest BCUT2D eigenvalue weighted by Gasteiger charge is -2.39. The third kappa shape index (κ3) is 3.69. The zero-order valence-electron chi connectivity index (χ0n) is 11.5. The Morgan fingerprint density at radius 3 is 2.83 bits per heavy atom. The molecule has 1 aliphatic heterocycles. The third-order valence-corrected chi connectivity index (χ3v) is 4.45. The van der Waals surface area contributed by atoms with Gasteiger partial charge in [0.25, 0.3) is 0 Å². The fraction of sp³-hybridized carbons (Fsp3) is 0.929. The molecule has 4 heteroatoms. The van der Waals surface area contributed by atoms with Crippen LogP contribution in [0.5, 0.6) is 0 Å². The summed E-state index contributed by atoms with van der Waals surface area (Å²) in [7, 11) is 1.72. The van der Waals surface area contributed by atoms with Crippen molar-refractivity contribution in [3.8, 4) is 0 Å². The van der Waals surface area contributed by atoms with Gasteiger partial charge in [0.1, 0.15) is 0 Å². The summed E-state index contributed by atoms with van der Waals surface area (Å²) in [5.41, 5.74) is -0.142. The molecule has 0 spiro atoms. The summed E-state index contributed by atoms with van der Waals surface area (Å²) in [6, 6.07) is 0. The first-order valence-corrected chi connectivity index (χ1v) is 7.27. The second-order valence-corrected chi connectivity index (χ2v) is 5.77. The highest BCUT2D eigenvalue weighted by Crippen LogP contribution is 2.37. The number of hydrogen-bond acceptors (Lipinski definition) is 3. The van der Waals surface area contributed by atoms with Crippen molar-refractivity contribution in [3.63, 3.8) is 0 Å². The number of hydrogen-bond donors (Lipinski definition) is 2. The Morgan fingerprint density at radius 2 is 2.28 bits per heavy atom. The fourth-order valence-corrected chi connectivity index (χ4v) is 2.97.